The van der Waals surface area contributed by atoms with Crippen molar-refractivity contribution in [3.05, 3.63) is 71.8 Å². The number of quaternary nitrogens is 1. The van der Waals surface area contributed by atoms with E-state index in [0.29, 0.717) is 5.56 Å². The molecule has 2 aromatic carbocycles. The van der Waals surface area contributed by atoms with Gasteiger partial charge in [0.1, 0.15) is 30.8 Å². The summed E-state index contributed by atoms with van der Waals surface area (Å²) in [5.74, 6) is 2.09. The smallest absolute Gasteiger partial charge is 0.157 e. The molecular weight excluding hydrogens is 410 g/mol. The van der Waals surface area contributed by atoms with E-state index < -0.39 is 0 Å². The van der Waals surface area contributed by atoms with Crippen molar-refractivity contribution in [2.24, 2.45) is 0 Å². The third kappa shape index (κ3) is 4.24. The normalized spacial score (nSPS) is 14.6. The quantitative estimate of drug-likeness (QED) is 0.480. The number of imidazole rings is 1. The minimum atomic E-state index is 0.708. The van der Waals surface area contributed by atoms with Crippen LogP contribution in [0, 0.1) is 11.3 Å². The van der Waals surface area contributed by atoms with Crippen LogP contribution in [0.15, 0.2) is 60.7 Å². The van der Waals surface area contributed by atoms with Crippen LogP contribution >= 0.6 is 0 Å². The van der Waals surface area contributed by atoms with Crippen LogP contribution in [0.2, 0.25) is 0 Å². The average molecular weight is 441 g/mol. The van der Waals surface area contributed by atoms with Gasteiger partial charge in [-0.2, -0.15) is 5.26 Å². The molecule has 0 atom stereocenters. The van der Waals surface area contributed by atoms with Gasteiger partial charge in [-0.1, -0.05) is 43.7 Å². The van der Waals surface area contributed by atoms with Gasteiger partial charge in [-0.25, -0.2) is 4.98 Å². The molecule has 0 radical (unpaired) electrons. The number of aryl methyl sites for hydroxylation is 1. The average Bonchev–Trinajstić information content (AvgIpc) is 3.24. The Morgan fingerprint density at radius 2 is 1.82 bits per heavy atom. The van der Waals surface area contributed by atoms with Gasteiger partial charge in [0.05, 0.1) is 42.8 Å². The number of rotatable bonds is 7. The topological polar surface area (TPSA) is 58.0 Å². The maximum Gasteiger partial charge on any atom is 0.157 e. The molecule has 168 valence electrons. The molecule has 2 aromatic heterocycles. The third-order valence-electron chi connectivity index (χ3n) is 6.53. The minimum absolute atomic E-state index is 0.708. The summed E-state index contributed by atoms with van der Waals surface area (Å²) in [5.41, 5.74) is 4.59. The lowest BCUT2D eigenvalue weighted by Crippen LogP contribution is -3.15. The molecule has 6 nitrogen and oxygen atoms in total. The summed E-state index contributed by atoms with van der Waals surface area (Å²) in [6.45, 7) is 7.96. The summed E-state index contributed by atoms with van der Waals surface area (Å²) in [5, 5.41) is 9.94. The number of para-hydroxylation sites is 3. The second kappa shape index (κ2) is 9.51. The lowest BCUT2D eigenvalue weighted by atomic mass is 10.1. The van der Waals surface area contributed by atoms with Crippen molar-refractivity contribution in [2.45, 2.75) is 19.8 Å². The molecule has 1 fully saturated rings. The molecule has 33 heavy (non-hydrogen) atoms. The van der Waals surface area contributed by atoms with Crippen LogP contribution in [0.1, 0.15) is 24.5 Å². The molecule has 5 rings (SSSR count). The van der Waals surface area contributed by atoms with Crippen molar-refractivity contribution < 1.29 is 9.64 Å². The summed E-state index contributed by atoms with van der Waals surface area (Å²) in [4.78, 5) is 8.89. The number of nitrogens with zero attached hydrogens (tertiary/aromatic N) is 4. The molecule has 1 aliphatic heterocycles. The SMILES string of the molecule is CCCc1cc(N2CC[NH+](CCOc3ccccc3)CC2)n2c(nc3ccccc32)c1C#N. The fraction of sp³-hybridized carbons (Fsp3) is 0.333. The highest BCUT2D eigenvalue weighted by atomic mass is 16.5. The van der Waals surface area contributed by atoms with E-state index >= 15 is 0 Å². The zero-order valence-electron chi connectivity index (χ0n) is 19.1. The van der Waals surface area contributed by atoms with Gasteiger partial charge in [0.25, 0.3) is 0 Å². The largest absolute Gasteiger partial charge is 0.488 e. The number of piperazine rings is 1. The first kappa shape index (κ1) is 21.3. The Morgan fingerprint density at radius 3 is 2.58 bits per heavy atom. The number of fused-ring (bicyclic) bond motifs is 3. The molecule has 4 aromatic rings. The number of aromatic nitrogens is 2. The molecule has 1 saturated heterocycles. The van der Waals surface area contributed by atoms with Crippen LogP contribution < -0.4 is 14.5 Å². The molecule has 0 aliphatic carbocycles. The number of hydrogen-bond donors (Lipinski definition) is 1. The van der Waals surface area contributed by atoms with Crippen LogP contribution in [0.3, 0.4) is 0 Å². The van der Waals surface area contributed by atoms with E-state index in [1.54, 1.807) is 4.90 Å². The van der Waals surface area contributed by atoms with Crippen molar-refractivity contribution in [1.82, 2.24) is 9.38 Å². The second-order valence-corrected chi connectivity index (χ2v) is 8.67. The van der Waals surface area contributed by atoms with Gasteiger partial charge >= 0.3 is 0 Å². The van der Waals surface area contributed by atoms with E-state index in [-0.39, 0.29) is 0 Å². The molecule has 6 heteroatoms. The number of nitriles is 1. The van der Waals surface area contributed by atoms with E-state index in [0.717, 1.165) is 86.0 Å². The summed E-state index contributed by atoms with van der Waals surface area (Å²) >= 11 is 0. The van der Waals surface area contributed by atoms with Gasteiger partial charge in [-0.3, -0.25) is 4.40 Å². The first-order valence-corrected chi connectivity index (χ1v) is 11.9. The predicted octanol–water partition coefficient (Wildman–Crippen LogP) is 3.10. The minimum Gasteiger partial charge on any atom is -0.488 e. The van der Waals surface area contributed by atoms with Crippen molar-refractivity contribution in [3.63, 3.8) is 0 Å². The second-order valence-electron chi connectivity index (χ2n) is 8.67. The number of ether oxygens (including phenoxy) is 1. The highest BCUT2D eigenvalue weighted by Crippen LogP contribution is 2.29. The Hall–Kier alpha value is -3.56. The summed E-state index contributed by atoms with van der Waals surface area (Å²) in [6.07, 6.45) is 1.89. The molecular formula is C27H30N5O+. The van der Waals surface area contributed by atoms with Crippen LogP contribution in [0.5, 0.6) is 5.75 Å². The number of anilines is 1. The van der Waals surface area contributed by atoms with E-state index in [9.17, 15) is 5.26 Å². The highest BCUT2D eigenvalue weighted by molar-refractivity contribution is 5.85. The zero-order valence-corrected chi connectivity index (χ0v) is 19.1. The number of benzene rings is 2. The van der Waals surface area contributed by atoms with Crippen LogP contribution in [0.4, 0.5) is 5.82 Å². The fourth-order valence-electron chi connectivity index (χ4n) is 4.81. The molecule has 1 N–H and O–H groups in total. The highest BCUT2D eigenvalue weighted by Gasteiger charge is 2.25. The monoisotopic (exact) mass is 440 g/mol. The lowest BCUT2D eigenvalue weighted by molar-refractivity contribution is -0.900. The van der Waals surface area contributed by atoms with Gasteiger partial charge in [-0.15, -0.1) is 0 Å². The Labute approximate surface area is 194 Å². The molecule has 3 heterocycles. The number of hydrogen-bond acceptors (Lipinski definition) is 4. The van der Waals surface area contributed by atoms with Crippen LogP contribution in [0.25, 0.3) is 16.7 Å². The summed E-state index contributed by atoms with van der Waals surface area (Å²) < 4.78 is 8.10. The van der Waals surface area contributed by atoms with Crippen molar-refractivity contribution in [3.8, 4) is 11.8 Å². The first-order valence-electron chi connectivity index (χ1n) is 11.9. The van der Waals surface area contributed by atoms with Crippen LogP contribution in [-0.4, -0.2) is 48.7 Å². The van der Waals surface area contributed by atoms with Crippen molar-refractivity contribution in [2.75, 3.05) is 44.2 Å². The van der Waals surface area contributed by atoms with Crippen LogP contribution in [-0.2, 0) is 6.42 Å². The van der Waals surface area contributed by atoms with Gasteiger partial charge in [-0.05, 0) is 42.3 Å². The third-order valence-corrected chi connectivity index (χ3v) is 6.53. The molecule has 0 amide bonds. The van der Waals surface area contributed by atoms with Gasteiger partial charge in [0.15, 0.2) is 5.65 Å². The van der Waals surface area contributed by atoms with Crippen molar-refractivity contribution in [1.29, 1.82) is 5.26 Å². The lowest BCUT2D eigenvalue weighted by Gasteiger charge is -2.34. The molecule has 0 bridgehead atoms. The molecule has 0 spiro atoms. The van der Waals surface area contributed by atoms with E-state index in [2.05, 4.69) is 34.4 Å². The maximum atomic E-state index is 9.94. The summed E-state index contributed by atoms with van der Waals surface area (Å²) in [6, 6.07) is 22.9. The Balaban J connectivity index is 1.38. The van der Waals surface area contributed by atoms with E-state index in [4.69, 9.17) is 9.72 Å². The van der Waals surface area contributed by atoms with Gasteiger partial charge in [0.2, 0.25) is 0 Å². The number of nitrogens with one attached hydrogen (secondary N) is 1. The first-order chi connectivity index (χ1) is 16.3. The standard InChI is InChI=1S/C27H29N5O/c1-2-8-21-19-26(32-25-12-7-6-11-24(25)29-27(32)23(21)20-28)31-15-13-30(14-16-31)17-18-33-22-9-4-3-5-10-22/h3-7,9-12,19H,2,8,13-18H2,1H3/p+1. The zero-order chi connectivity index (χ0) is 22.6. The Morgan fingerprint density at radius 1 is 1.06 bits per heavy atom. The van der Waals surface area contributed by atoms with Crippen molar-refractivity contribution >= 4 is 22.5 Å². The Kier molecular flexibility index (Phi) is 6.14. The fourth-order valence-corrected chi connectivity index (χ4v) is 4.81. The van der Waals surface area contributed by atoms with Gasteiger partial charge < -0.3 is 14.5 Å². The number of pyridine rings is 1. The Bertz CT molecular complexity index is 1280. The van der Waals surface area contributed by atoms with E-state index in [1.807, 2.05) is 48.5 Å². The van der Waals surface area contributed by atoms with Gasteiger partial charge in [0, 0.05) is 0 Å². The van der Waals surface area contributed by atoms with E-state index in [1.165, 1.54) is 0 Å². The predicted molar refractivity (Wildman–Crippen MR) is 131 cm³/mol. The molecule has 0 saturated carbocycles. The maximum absolute atomic E-state index is 9.94. The molecule has 0 unspecified atom stereocenters. The molecule has 1 aliphatic rings. The summed E-state index contributed by atoms with van der Waals surface area (Å²) in [7, 11) is 0.